The van der Waals surface area contributed by atoms with E-state index in [4.69, 9.17) is 22.3 Å². The van der Waals surface area contributed by atoms with Crippen molar-refractivity contribution in [3.8, 4) is 5.75 Å². The van der Waals surface area contributed by atoms with E-state index in [0.717, 1.165) is 7.11 Å². The molecule has 0 atom stereocenters. The highest BCUT2D eigenvalue weighted by atomic mass is 35.5. The minimum absolute atomic E-state index is 0.0361. The van der Waals surface area contributed by atoms with Crippen LogP contribution in [0, 0.1) is 0 Å². The fraction of sp³-hybridized carbons (Fsp3) is 0.231. The third-order valence-electron chi connectivity index (χ3n) is 3.39. The number of benzene rings is 1. The summed E-state index contributed by atoms with van der Waals surface area (Å²) < 4.78 is 25.7. The van der Waals surface area contributed by atoms with Crippen LogP contribution in [-0.2, 0) is 14.9 Å². The summed E-state index contributed by atoms with van der Waals surface area (Å²) in [5.41, 5.74) is -0.176. The molecular weight excluding hydrogens is 376 g/mol. The van der Waals surface area contributed by atoms with Crippen molar-refractivity contribution < 1.29 is 18.4 Å². The first-order valence-electron chi connectivity index (χ1n) is 6.85. The first kappa shape index (κ1) is 19.1. The number of hydrazine groups is 1. The van der Waals surface area contributed by atoms with Gasteiger partial charge in [-0.3, -0.25) is 20.3 Å². The molecule has 12 heteroatoms. The van der Waals surface area contributed by atoms with Gasteiger partial charge < -0.3 is 15.8 Å². The van der Waals surface area contributed by atoms with Crippen LogP contribution < -0.4 is 27.4 Å². The van der Waals surface area contributed by atoms with Crippen molar-refractivity contribution in [1.29, 1.82) is 0 Å². The molecule has 0 aliphatic carbocycles. The minimum atomic E-state index is -4.27. The lowest BCUT2D eigenvalue weighted by molar-refractivity contribution is -0.0443. The number of anilines is 3. The highest BCUT2D eigenvalue weighted by Crippen LogP contribution is 2.39. The van der Waals surface area contributed by atoms with Gasteiger partial charge >= 0.3 is 0 Å². The van der Waals surface area contributed by atoms with Gasteiger partial charge in [-0.15, -0.1) is 0 Å². The fourth-order valence-corrected chi connectivity index (χ4v) is 4.03. The number of hydroxylamine groups is 1. The Hall–Kier alpha value is -2.18. The molecule has 0 aliphatic heterocycles. The number of phenolic OH excluding ortho intramolecular Hbond substituents is 1. The second-order valence-electron chi connectivity index (χ2n) is 4.76. The topological polar surface area (TPSA) is 151 Å². The van der Waals surface area contributed by atoms with Crippen LogP contribution in [0.4, 0.5) is 17.1 Å². The van der Waals surface area contributed by atoms with Gasteiger partial charge in [0.05, 0.1) is 17.8 Å². The molecule has 0 fully saturated rings. The van der Waals surface area contributed by atoms with E-state index in [1.807, 2.05) is 0 Å². The minimum Gasteiger partial charge on any atom is -0.504 e. The number of nitrogen functional groups attached to an aromatic ring is 1. The van der Waals surface area contributed by atoms with E-state index in [-0.39, 0.29) is 28.6 Å². The van der Waals surface area contributed by atoms with Gasteiger partial charge in [-0.2, -0.15) is 0 Å². The van der Waals surface area contributed by atoms with Crippen LogP contribution in [-0.4, -0.2) is 31.6 Å². The summed E-state index contributed by atoms with van der Waals surface area (Å²) >= 11 is 5.92. The summed E-state index contributed by atoms with van der Waals surface area (Å²) in [7, 11) is -3.12. The number of phenols is 1. The summed E-state index contributed by atoms with van der Waals surface area (Å²) in [4.78, 5) is 27.1. The van der Waals surface area contributed by atoms with E-state index in [0.29, 0.717) is 4.47 Å². The standard InChI is InChI=1S/C13H15ClN4O6S/c1-3-18(24-2)25(22,23)13-6(14)4-5-7(10(13)19)16-8-9(17-15)12(21)11(8)20/h4-5,16-17,19H,3,15H2,1-2H3. The lowest BCUT2D eigenvalue weighted by atomic mass is 10.2. The summed E-state index contributed by atoms with van der Waals surface area (Å²) in [5, 5.41) is 12.6. The van der Waals surface area contributed by atoms with Crippen LogP contribution >= 0.6 is 11.6 Å². The molecule has 0 amide bonds. The Kier molecular flexibility index (Phi) is 5.34. The summed E-state index contributed by atoms with van der Waals surface area (Å²) in [6.45, 7) is 1.49. The maximum atomic E-state index is 12.6. The largest absolute Gasteiger partial charge is 0.504 e. The smallest absolute Gasteiger partial charge is 0.270 e. The number of hydrogen-bond acceptors (Lipinski definition) is 9. The molecule has 0 saturated heterocycles. The third-order valence-corrected chi connectivity index (χ3v) is 5.69. The van der Waals surface area contributed by atoms with Crippen molar-refractivity contribution in [2.75, 3.05) is 24.4 Å². The Balaban J connectivity index is 2.56. The number of hydrogen-bond donors (Lipinski definition) is 4. The highest BCUT2D eigenvalue weighted by molar-refractivity contribution is 7.89. The molecule has 5 N–H and O–H groups in total. The van der Waals surface area contributed by atoms with E-state index < -0.39 is 31.5 Å². The maximum Gasteiger partial charge on any atom is 0.270 e. The van der Waals surface area contributed by atoms with Gasteiger partial charge in [0.25, 0.3) is 20.9 Å². The predicted octanol–water partition coefficient (Wildman–Crippen LogP) is 0.243. The molecule has 0 aliphatic rings. The van der Waals surface area contributed by atoms with Crippen molar-refractivity contribution in [2.45, 2.75) is 11.8 Å². The molecule has 0 unspecified atom stereocenters. The second kappa shape index (κ2) is 6.98. The molecule has 0 bridgehead atoms. The lowest BCUT2D eigenvalue weighted by Crippen LogP contribution is -2.38. The van der Waals surface area contributed by atoms with Gasteiger partial charge in [-0.1, -0.05) is 16.1 Å². The molecule has 0 heterocycles. The van der Waals surface area contributed by atoms with Crippen LogP contribution in [0.5, 0.6) is 5.75 Å². The van der Waals surface area contributed by atoms with Gasteiger partial charge in [0.15, 0.2) is 5.75 Å². The normalized spacial score (nSPS) is 11.9. The van der Waals surface area contributed by atoms with Crippen molar-refractivity contribution >= 4 is 38.7 Å². The third kappa shape index (κ3) is 3.07. The molecular formula is C13H15ClN4O6S. The summed E-state index contributed by atoms with van der Waals surface area (Å²) in [6.07, 6.45) is 0. The predicted molar refractivity (Wildman–Crippen MR) is 92.1 cm³/mol. The quantitative estimate of drug-likeness (QED) is 0.225. The number of halogens is 1. The number of nitrogens with zero attached hydrogens (tertiary/aromatic N) is 1. The number of rotatable bonds is 7. The molecule has 0 radical (unpaired) electrons. The number of nitrogens with two attached hydrogens (primary N) is 1. The van der Waals surface area contributed by atoms with Gasteiger partial charge in [0.1, 0.15) is 16.3 Å². The number of aromatic hydroxyl groups is 1. The highest BCUT2D eigenvalue weighted by Gasteiger charge is 2.31. The summed E-state index contributed by atoms with van der Waals surface area (Å²) in [6, 6.07) is 2.46. The first-order valence-corrected chi connectivity index (χ1v) is 8.67. The van der Waals surface area contributed by atoms with Gasteiger partial charge in [-0.25, -0.2) is 8.42 Å². The molecule has 2 aromatic rings. The Morgan fingerprint density at radius 3 is 2.40 bits per heavy atom. The molecule has 0 saturated carbocycles. The van der Waals surface area contributed by atoms with Crippen LogP contribution in [0.15, 0.2) is 26.6 Å². The van der Waals surface area contributed by atoms with Gasteiger partial charge in [-0.05, 0) is 19.1 Å². The van der Waals surface area contributed by atoms with E-state index in [1.54, 1.807) is 0 Å². The van der Waals surface area contributed by atoms with E-state index >= 15 is 0 Å². The van der Waals surface area contributed by atoms with E-state index in [2.05, 4.69) is 10.7 Å². The number of nitrogens with one attached hydrogen (secondary N) is 2. The average molecular weight is 391 g/mol. The molecule has 0 spiro atoms. The molecule has 0 aromatic heterocycles. The average Bonchev–Trinajstić information content (AvgIpc) is 2.56. The zero-order valence-electron chi connectivity index (χ0n) is 13.2. The van der Waals surface area contributed by atoms with Crippen LogP contribution in [0.1, 0.15) is 6.92 Å². The lowest BCUT2D eigenvalue weighted by Gasteiger charge is -2.20. The second-order valence-corrected chi connectivity index (χ2v) is 6.93. The van der Waals surface area contributed by atoms with Gasteiger partial charge in [0, 0.05) is 6.54 Å². The van der Waals surface area contributed by atoms with Crippen molar-refractivity contribution in [3.05, 3.63) is 37.6 Å². The molecule has 136 valence electrons. The zero-order valence-corrected chi connectivity index (χ0v) is 14.7. The van der Waals surface area contributed by atoms with Crippen molar-refractivity contribution in [1.82, 2.24) is 4.47 Å². The molecule has 25 heavy (non-hydrogen) atoms. The zero-order chi connectivity index (χ0) is 18.9. The van der Waals surface area contributed by atoms with Crippen LogP contribution in [0.2, 0.25) is 5.02 Å². The van der Waals surface area contributed by atoms with E-state index in [1.165, 1.54) is 19.1 Å². The molecule has 2 rings (SSSR count). The Morgan fingerprint density at radius 2 is 1.88 bits per heavy atom. The van der Waals surface area contributed by atoms with Crippen LogP contribution in [0.25, 0.3) is 0 Å². The fourth-order valence-electron chi connectivity index (χ4n) is 2.18. The van der Waals surface area contributed by atoms with Crippen LogP contribution in [0.3, 0.4) is 0 Å². The summed E-state index contributed by atoms with van der Waals surface area (Å²) in [5.74, 6) is 4.41. The SMILES string of the molecule is CCN(OC)S(=O)(=O)c1c(Cl)ccc(Nc2c(NN)c(=O)c2=O)c1O. The Bertz CT molecular complexity index is 979. The van der Waals surface area contributed by atoms with Crippen molar-refractivity contribution in [2.24, 2.45) is 5.84 Å². The Morgan fingerprint density at radius 1 is 1.28 bits per heavy atom. The molecule has 10 nitrogen and oxygen atoms in total. The maximum absolute atomic E-state index is 12.6. The molecule has 2 aromatic carbocycles. The first-order chi connectivity index (χ1) is 11.7. The van der Waals surface area contributed by atoms with Crippen molar-refractivity contribution in [3.63, 3.8) is 0 Å². The number of sulfonamides is 1. The monoisotopic (exact) mass is 390 g/mol. The Labute approximate surface area is 147 Å². The van der Waals surface area contributed by atoms with Gasteiger partial charge in [0.2, 0.25) is 0 Å². The van der Waals surface area contributed by atoms with E-state index in [9.17, 15) is 23.1 Å².